The van der Waals surface area contributed by atoms with Crippen LogP contribution in [0.2, 0.25) is 0 Å². The molecule has 0 unspecified atom stereocenters. The van der Waals surface area contributed by atoms with Crippen molar-refractivity contribution in [3.8, 4) is 0 Å². The van der Waals surface area contributed by atoms with Crippen LogP contribution in [-0.4, -0.2) is 23.9 Å². The predicted molar refractivity (Wildman–Crippen MR) is 68.3 cm³/mol. The zero-order valence-electron chi connectivity index (χ0n) is 9.85. The Morgan fingerprint density at radius 2 is 1.94 bits per heavy atom. The molecule has 1 fully saturated rings. The molecule has 2 rings (SSSR count). The SMILES string of the molecule is Cc1ccc(Br)cc1CN1CCC(F)(F)CC1. The van der Waals surface area contributed by atoms with Crippen LogP contribution in [0, 0.1) is 6.92 Å². The average molecular weight is 304 g/mol. The second-order valence-electron chi connectivity index (χ2n) is 4.70. The number of halogens is 3. The Hall–Kier alpha value is -0.480. The summed E-state index contributed by atoms with van der Waals surface area (Å²) in [6.07, 6.45) is -0.0277. The molecule has 1 aliphatic rings. The van der Waals surface area contributed by atoms with Crippen LogP contribution < -0.4 is 0 Å². The minimum atomic E-state index is -2.46. The maximum absolute atomic E-state index is 13.0. The zero-order valence-corrected chi connectivity index (χ0v) is 11.4. The van der Waals surface area contributed by atoms with E-state index in [-0.39, 0.29) is 12.8 Å². The number of alkyl halides is 2. The van der Waals surface area contributed by atoms with Crippen LogP contribution in [0.15, 0.2) is 22.7 Å². The van der Waals surface area contributed by atoms with Gasteiger partial charge in [-0.25, -0.2) is 8.78 Å². The van der Waals surface area contributed by atoms with Gasteiger partial charge in [-0.2, -0.15) is 0 Å². The molecule has 0 saturated carbocycles. The quantitative estimate of drug-likeness (QED) is 0.798. The lowest BCUT2D eigenvalue weighted by Crippen LogP contribution is -2.38. The normalized spacial score (nSPS) is 20.5. The van der Waals surface area contributed by atoms with Gasteiger partial charge in [0.25, 0.3) is 5.92 Å². The fourth-order valence-corrected chi connectivity index (χ4v) is 2.50. The number of hydrogen-bond acceptors (Lipinski definition) is 1. The van der Waals surface area contributed by atoms with E-state index >= 15 is 0 Å². The highest BCUT2D eigenvalue weighted by molar-refractivity contribution is 9.10. The Labute approximate surface area is 109 Å². The molecule has 0 spiro atoms. The minimum Gasteiger partial charge on any atom is -0.299 e. The second kappa shape index (κ2) is 5.02. The maximum atomic E-state index is 13.0. The van der Waals surface area contributed by atoms with E-state index in [2.05, 4.69) is 39.9 Å². The van der Waals surface area contributed by atoms with E-state index in [1.807, 2.05) is 6.07 Å². The number of nitrogens with zero attached hydrogens (tertiary/aromatic N) is 1. The lowest BCUT2D eigenvalue weighted by molar-refractivity contribution is -0.0566. The molecule has 0 N–H and O–H groups in total. The zero-order chi connectivity index (χ0) is 12.5. The van der Waals surface area contributed by atoms with Gasteiger partial charge < -0.3 is 0 Å². The molecule has 94 valence electrons. The van der Waals surface area contributed by atoms with E-state index in [0.717, 1.165) is 11.0 Å². The van der Waals surface area contributed by atoms with Crippen LogP contribution >= 0.6 is 15.9 Å². The first-order valence-corrected chi connectivity index (χ1v) is 6.61. The van der Waals surface area contributed by atoms with Gasteiger partial charge in [-0.15, -0.1) is 0 Å². The largest absolute Gasteiger partial charge is 0.299 e. The highest BCUT2D eigenvalue weighted by atomic mass is 79.9. The maximum Gasteiger partial charge on any atom is 0.250 e. The van der Waals surface area contributed by atoms with Gasteiger partial charge in [-0.05, 0) is 30.2 Å². The molecule has 1 aliphatic heterocycles. The van der Waals surface area contributed by atoms with Crippen molar-refractivity contribution >= 4 is 15.9 Å². The third-order valence-corrected chi connectivity index (χ3v) is 3.79. The van der Waals surface area contributed by atoms with E-state index in [1.165, 1.54) is 11.1 Å². The number of benzene rings is 1. The number of aryl methyl sites for hydroxylation is 1. The molecular weight excluding hydrogens is 288 g/mol. The van der Waals surface area contributed by atoms with Gasteiger partial charge in [0.05, 0.1) is 0 Å². The van der Waals surface area contributed by atoms with Crippen molar-refractivity contribution in [2.75, 3.05) is 13.1 Å². The van der Waals surface area contributed by atoms with Gasteiger partial charge in [0.2, 0.25) is 0 Å². The standard InChI is InChI=1S/C13H16BrF2N/c1-10-2-3-12(14)8-11(10)9-17-6-4-13(15,16)5-7-17/h2-3,8H,4-7,9H2,1H3. The second-order valence-corrected chi connectivity index (χ2v) is 5.62. The average Bonchev–Trinajstić information content (AvgIpc) is 2.26. The van der Waals surface area contributed by atoms with Crippen molar-refractivity contribution in [3.05, 3.63) is 33.8 Å². The molecule has 4 heteroatoms. The van der Waals surface area contributed by atoms with Crippen molar-refractivity contribution < 1.29 is 8.78 Å². The summed E-state index contributed by atoms with van der Waals surface area (Å²) in [5.41, 5.74) is 2.43. The van der Waals surface area contributed by atoms with Crippen LogP contribution in [0.4, 0.5) is 8.78 Å². The molecule has 0 atom stereocenters. The number of hydrogen-bond donors (Lipinski definition) is 0. The van der Waals surface area contributed by atoms with Crippen molar-refractivity contribution in [2.24, 2.45) is 0 Å². The third kappa shape index (κ3) is 3.49. The molecule has 1 nitrogen and oxygen atoms in total. The first-order valence-electron chi connectivity index (χ1n) is 5.81. The first-order chi connectivity index (χ1) is 7.96. The van der Waals surface area contributed by atoms with Crippen LogP contribution in [0.1, 0.15) is 24.0 Å². The van der Waals surface area contributed by atoms with Gasteiger partial charge in [-0.3, -0.25) is 4.90 Å². The van der Waals surface area contributed by atoms with E-state index in [1.54, 1.807) is 0 Å². The van der Waals surface area contributed by atoms with E-state index < -0.39 is 5.92 Å². The molecule has 1 aromatic rings. The summed E-state index contributed by atoms with van der Waals surface area (Å²) in [4.78, 5) is 2.10. The van der Waals surface area contributed by atoms with Gasteiger partial charge in [0.1, 0.15) is 0 Å². The molecule has 0 aromatic heterocycles. The highest BCUT2D eigenvalue weighted by Gasteiger charge is 2.33. The molecule has 1 saturated heterocycles. The molecule has 1 aromatic carbocycles. The summed E-state index contributed by atoms with van der Waals surface area (Å²) in [5, 5.41) is 0. The Morgan fingerprint density at radius 3 is 2.59 bits per heavy atom. The highest BCUT2D eigenvalue weighted by Crippen LogP contribution is 2.29. The Morgan fingerprint density at radius 1 is 1.29 bits per heavy atom. The smallest absolute Gasteiger partial charge is 0.250 e. The summed E-state index contributed by atoms with van der Waals surface area (Å²) in [6, 6.07) is 6.13. The Bertz CT molecular complexity index is 396. The molecule has 0 radical (unpaired) electrons. The molecule has 17 heavy (non-hydrogen) atoms. The van der Waals surface area contributed by atoms with E-state index in [4.69, 9.17) is 0 Å². The monoisotopic (exact) mass is 303 g/mol. The van der Waals surface area contributed by atoms with Crippen molar-refractivity contribution in [1.29, 1.82) is 0 Å². The molecule has 0 aliphatic carbocycles. The van der Waals surface area contributed by atoms with Gasteiger partial charge in [-0.1, -0.05) is 22.0 Å². The molecule has 1 heterocycles. The Kier molecular flexibility index (Phi) is 3.83. The van der Waals surface area contributed by atoms with Crippen molar-refractivity contribution in [3.63, 3.8) is 0 Å². The lowest BCUT2D eigenvalue weighted by Gasteiger charge is -2.32. The van der Waals surface area contributed by atoms with Gasteiger partial charge in [0.15, 0.2) is 0 Å². The molecule has 0 bridgehead atoms. The summed E-state index contributed by atoms with van der Waals surface area (Å²) in [5.74, 6) is -2.46. The van der Waals surface area contributed by atoms with Crippen LogP contribution in [0.5, 0.6) is 0 Å². The van der Waals surface area contributed by atoms with Crippen LogP contribution in [0.3, 0.4) is 0 Å². The van der Waals surface area contributed by atoms with Crippen molar-refractivity contribution in [1.82, 2.24) is 4.90 Å². The fourth-order valence-electron chi connectivity index (χ4n) is 2.09. The number of likely N-dealkylation sites (tertiary alicyclic amines) is 1. The fraction of sp³-hybridized carbons (Fsp3) is 0.538. The summed E-state index contributed by atoms with van der Waals surface area (Å²) in [7, 11) is 0. The summed E-state index contributed by atoms with van der Waals surface area (Å²) >= 11 is 3.44. The van der Waals surface area contributed by atoms with Gasteiger partial charge >= 0.3 is 0 Å². The van der Waals surface area contributed by atoms with Gasteiger partial charge in [0, 0.05) is 36.9 Å². The topological polar surface area (TPSA) is 3.24 Å². The van der Waals surface area contributed by atoms with Crippen LogP contribution in [-0.2, 0) is 6.54 Å². The van der Waals surface area contributed by atoms with E-state index in [9.17, 15) is 8.78 Å². The van der Waals surface area contributed by atoms with Crippen LogP contribution in [0.25, 0.3) is 0 Å². The molecule has 0 amide bonds. The first kappa shape index (κ1) is 13.0. The Balaban J connectivity index is 2.00. The van der Waals surface area contributed by atoms with Crippen molar-refractivity contribution in [2.45, 2.75) is 32.2 Å². The van der Waals surface area contributed by atoms with E-state index in [0.29, 0.717) is 13.1 Å². The third-order valence-electron chi connectivity index (χ3n) is 3.29. The summed E-state index contributed by atoms with van der Waals surface area (Å²) in [6.45, 7) is 3.79. The minimum absolute atomic E-state index is 0.0138. The molecular formula is C13H16BrF2N. The lowest BCUT2D eigenvalue weighted by atomic mass is 10.0. The summed E-state index contributed by atoms with van der Waals surface area (Å²) < 4.78 is 27.1. The number of piperidine rings is 1. The number of rotatable bonds is 2. The predicted octanol–water partition coefficient (Wildman–Crippen LogP) is 3.99.